The summed E-state index contributed by atoms with van der Waals surface area (Å²) in [5.74, 6) is -0.598. The SMILES string of the molecule is Cc1sc(-c2ccco2)nc1C(=O)N(C)CCC(=O)O. The monoisotopic (exact) mass is 294 g/mol. The zero-order valence-electron chi connectivity index (χ0n) is 11.1. The number of nitrogens with zero attached hydrogens (tertiary/aromatic N) is 2. The summed E-state index contributed by atoms with van der Waals surface area (Å²) in [5.41, 5.74) is 0.342. The van der Waals surface area contributed by atoms with Crippen LogP contribution >= 0.6 is 11.3 Å². The lowest BCUT2D eigenvalue weighted by Gasteiger charge is -2.14. The molecule has 6 nitrogen and oxygen atoms in total. The van der Waals surface area contributed by atoms with Gasteiger partial charge < -0.3 is 14.4 Å². The van der Waals surface area contributed by atoms with Crippen molar-refractivity contribution in [1.82, 2.24) is 9.88 Å². The predicted octanol–water partition coefficient (Wildman–Crippen LogP) is 2.26. The molecule has 2 rings (SSSR count). The molecule has 0 unspecified atom stereocenters. The summed E-state index contributed by atoms with van der Waals surface area (Å²) < 4.78 is 5.25. The number of thiazole rings is 1. The number of hydrogen-bond acceptors (Lipinski definition) is 5. The smallest absolute Gasteiger partial charge is 0.305 e. The van der Waals surface area contributed by atoms with Crippen molar-refractivity contribution in [2.45, 2.75) is 13.3 Å². The Hall–Kier alpha value is -2.15. The van der Waals surface area contributed by atoms with E-state index in [0.29, 0.717) is 16.5 Å². The second-order valence-corrected chi connectivity index (χ2v) is 5.47. The first-order chi connectivity index (χ1) is 9.49. The first-order valence-electron chi connectivity index (χ1n) is 5.97. The molecule has 2 heterocycles. The number of furan rings is 1. The maximum absolute atomic E-state index is 12.2. The van der Waals surface area contributed by atoms with Crippen molar-refractivity contribution in [1.29, 1.82) is 0 Å². The molecule has 2 aromatic heterocycles. The van der Waals surface area contributed by atoms with Gasteiger partial charge in [0.05, 0.1) is 12.7 Å². The molecule has 0 aliphatic heterocycles. The molecule has 0 saturated carbocycles. The molecule has 0 spiro atoms. The summed E-state index contributed by atoms with van der Waals surface area (Å²) in [5, 5.41) is 9.28. The standard InChI is InChI=1S/C13H14N2O4S/c1-8-11(13(18)15(2)6-5-10(16)17)14-12(20-8)9-4-3-7-19-9/h3-4,7H,5-6H2,1-2H3,(H,16,17). The highest BCUT2D eigenvalue weighted by Gasteiger charge is 2.20. The summed E-state index contributed by atoms with van der Waals surface area (Å²) in [6, 6.07) is 3.53. The molecular weight excluding hydrogens is 280 g/mol. The number of aromatic nitrogens is 1. The van der Waals surface area contributed by atoms with Crippen molar-refractivity contribution >= 4 is 23.2 Å². The van der Waals surface area contributed by atoms with E-state index in [9.17, 15) is 9.59 Å². The molecular formula is C13H14N2O4S. The second kappa shape index (κ2) is 5.87. The fourth-order valence-electron chi connectivity index (χ4n) is 1.65. The molecule has 0 bridgehead atoms. The van der Waals surface area contributed by atoms with Gasteiger partial charge in [0.2, 0.25) is 0 Å². The van der Waals surface area contributed by atoms with Gasteiger partial charge in [-0.2, -0.15) is 0 Å². The molecule has 0 aliphatic carbocycles. The number of carbonyl (C=O) groups is 2. The molecule has 1 amide bonds. The van der Waals surface area contributed by atoms with E-state index in [0.717, 1.165) is 4.88 Å². The van der Waals surface area contributed by atoms with E-state index in [-0.39, 0.29) is 18.9 Å². The zero-order chi connectivity index (χ0) is 14.7. The predicted molar refractivity (Wildman–Crippen MR) is 73.8 cm³/mol. The van der Waals surface area contributed by atoms with Crippen molar-refractivity contribution in [2.24, 2.45) is 0 Å². The van der Waals surface area contributed by atoms with Crippen molar-refractivity contribution < 1.29 is 19.1 Å². The van der Waals surface area contributed by atoms with Gasteiger partial charge in [-0.25, -0.2) is 4.98 Å². The van der Waals surface area contributed by atoms with Crippen molar-refractivity contribution in [3.8, 4) is 10.8 Å². The number of carboxylic acids is 1. The van der Waals surface area contributed by atoms with E-state index >= 15 is 0 Å². The van der Waals surface area contributed by atoms with Gasteiger partial charge in [-0.05, 0) is 19.1 Å². The number of amides is 1. The Morgan fingerprint density at radius 1 is 1.50 bits per heavy atom. The van der Waals surface area contributed by atoms with Gasteiger partial charge in [-0.1, -0.05) is 0 Å². The lowest BCUT2D eigenvalue weighted by atomic mass is 10.3. The summed E-state index contributed by atoms with van der Waals surface area (Å²) in [6.45, 7) is 1.96. The molecule has 106 valence electrons. The van der Waals surface area contributed by atoms with E-state index in [1.165, 1.54) is 16.2 Å². The third-order valence-electron chi connectivity index (χ3n) is 2.74. The van der Waals surface area contributed by atoms with Crippen LogP contribution in [-0.4, -0.2) is 40.5 Å². The molecule has 0 saturated heterocycles. The highest BCUT2D eigenvalue weighted by molar-refractivity contribution is 7.15. The molecule has 20 heavy (non-hydrogen) atoms. The highest BCUT2D eigenvalue weighted by Crippen LogP contribution is 2.28. The Bertz CT molecular complexity index is 618. The van der Waals surface area contributed by atoms with Crippen LogP contribution in [0.1, 0.15) is 21.8 Å². The van der Waals surface area contributed by atoms with E-state index in [4.69, 9.17) is 9.52 Å². The Morgan fingerprint density at radius 3 is 2.85 bits per heavy atom. The Morgan fingerprint density at radius 2 is 2.25 bits per heavy atom. The normalized spacial score (nSPS) is 10.5. The number of carbonyl (C=O) groups excluding carboxylic acids is 1. The average molecular weight is 294 g/mol. The minimum atomic E-state index is -0.934. The lowest BCUT2D eigenvalue weighted by molar-refractivity contribution is -0.137. The van der Waals surface area contributed by atoms with E-state index in [1.807, 2.05) is 6.92 Å². The second-order valence-electron chi connectivity index (χ2n) is 4.27. The maximum atomic E-state index is 12.2. The number of carboxylic acid groups (broad SMARTS) is 1. The molecule has 0 radical (unpaired) electrons. The third kappa shape index (κ3) is 3.05. The first-order valence-corrected chi connectivity index (χ1v) is 6.79. The topological polar surface area (TPSA) is 83.6 Å². The van der Waals surface area contributed by atoms with Crippen molar-refractivity contribution in [2.75, 3.05) is 13.6 Å². The maximum Gasteiger partial charge on any atom is 0.305 e. The van der Waals surface area contributed by atoms with Crippen LogP contribution in [0, 0.1) is 6.92 Å². The minimum Gasteiger partial charge on any atom is -0.481 e. The number of rotatable bonds is 5. The van der Waals surface area contributed by atoms with Crippen molar-refractivity contribution in [3.63, 3.8) is 0 Å². The lowest BCUT2D eigenvalue weighted by Crippen LogP contribution is -2.29. The van der Waals surface area contributed by atoms with Gasteiger partial charge in [0.15, 0.2) is 10.8 Å². The first kappa shape index (κ1) is 14.3. The van der Waals surface area contributed by atoms with E-state index in [1.54, 1.807) is 25.4 Å². The molecule has 0 aliphatic rings. The quantitative estimate of drug-likeness (QED) is 0.914. The van der Waals surface area contributed by atoms with Crippen LogP contribution in [0.2, 0.25) is 0 Å². The van der Waals surface area contributed by atoms with Gasteiger partial charge in [0, 0.05) is 18.5 Å². The van der Waals surface area contributed by atoms with Crippen LogP contribution in [-0.2, 0) is 4.79 Å². The van der Waals surface area contributed by atoms with E-state index in [2.05, 4.69) is 4.98 Å². The Labute approximate surface area is 119 Å². The average Bonchev–Trinajstić information content (AvgIpc) is 3.03. The molecule has 7 heteroatoms. The van der Waals surface area contributed by atoms with E-state index < -0.39 is 5.97 Å². The minimum absolute atomic E-state index is 0.0868. The van der Waals surface area contributed by atoms with Crippen LogP contribution in [0.5, 0.6) is 0 Å². The van der Waals surface area contributed by atoms with Gasteiger partial charge in [0.25, 0.3) is 5.91 Å². The number of aliphatic carboxylic acids is 1. The molecule has 0 fully saturated rings. The number of aryl methyl sites for hydroxylation is 1. The summed E-state index contributed by atoms with van der Waals surface area (Å²) in [6.07, 6.45) is 1.46. The van der Waals surface area contributed by atoms with Crippen molar-refractivity contribution in [3.05, 3.63) is 29.0 Å². The fourth-order valence-corrected chi connectivity index (χ4v) is 2.52. The van der Waals surface area contributed by atoms with Crippen LogP contribution in [0.25, 0.3) is 10.8 Å². The fraction of sp³-hybridized carbons (Fsp3) is 0.308. The summed E-state index contributed by atoms with van der Waals surface area (Å²) in [7, 11) is 1.57. The summed E-state index contributed by atoms with van der Waals surface area (Å²) >= 11 is 1.37. The molecule has 0 aromatic carbocycles. The zero-order valence-corrected chi connectivity index (χ0v) is 11.9. The summed E-state index contributed by atoms with van der Waals surface area (Å²) in [4.78, 5) is 29.2. The van der Waals surface area contributed by atoms with Gasteiger partial charge in [0.1, 0.15) is 5.69 Å². The third-order valence-corrected chi connectivity index (χ3v) is 3.72. The van der Waals surface area contributed by atoms with Gasteiger partial charge >= 0.3 is 5.97 Å². The number of hydrogen-bond donors (Lipinski definition) is 1. The Balaban J connectivity index is 2.16. The molecule has 0 atom stereocenters. The molecule has 2 aromatic rings. The highest BCUT2D eigenvalue weighted by atomic mass is 32.1. The van der Waals surface area contributed by atoms with Crippen LogP contribution in [0.15, 0.2) is 22.8 Å². The largest absolute Gasteiger partial charge is 0.481 e. The van der Waals surface area contributed by atoms with Crippen LogP contribution in [0.3, 0.4) is 0 Å². The van der Waals surface area contributed by atoms with Crippen LogP contribution in [0.4, 0.5) is 0 Å². The molecule has 1 N–H and O–H groups in total. The Kier molecular flexibility index (Phi) is 4.19. The van der Waals surface area contributed by atoms with Gasteiger partial charge in [-0.3, -0.25) is 9.59 Å². The van der Waals surface area contributed by atoms with Crippen LogP contribution < -0.4 is 0 Å². The van der Waals surface area contributed by atoms with Gasteiger partial charge in [-0.15, -0.1) is 11.3 Å².